The maximum absolute atomic E-state index is 2.48. The molecule has 0 atom stereocenters. The second-order valence-corrected chi connectivity index (χ2v) is 13.3. The van der Waals surface area contributed by atoms with Gasteiger partial charge in [-0.15, -0.1) is 22.7 Å². The quantitative estimate of drug-likeness (QED) is 0.654. The van der Waals surface area contributed by atoms with Crippen molar-refractivity contribution < 1.29 is 0 Å². The number of hydrogen-bond donors (Lipinski definition) is 0. The Hall–Kier alpha value is -0.643. The number of rotatable bonds is 3. The SMILES string of the molecule is CC(C)(C)/C=C/[Si](C)(C)c1ccc(-c2cccs2)s1. The van der Waals surface area contributed by atoms with E-state index in [2.05, 4.69) is 75.3 Å². The van der Waals surface area contributed by atoms with Crippen LogP contribution in [0.2, 0.25) is 13.1 Å². The molecule has 2 aromatic rings. The molecule has 3 heteroatoms. The topological polar surface area (TPSA) is 0 Å². The molecule has 0 bridgehead atoms. The van der Waals surface area contributed by atoms with Crippen molar-refractivity contribution in [3.63, 3.8) is 0 Å². The second kappa shape index (κ2) is 5.39. The summed E-state index contributed by atoms with van der Waals surface area (Å²) in [6.07, 6.45) is 2.38. The van der Waals surface area contributed by atoms with Gasteiger partial charge in [0.2, 0.25) is 0 Å². The summed E-state index contributed by atoms with van der Waals surface area (Å²) in [7, 11) is -1.44. The molecule has 2 rings (SSSR count). The van der Waals surface area contributed by atoms with Gasteiger partial charge in [-0.25, -0.2) is 0 Å². The lowest BCUT2D eigenvalue weighted by Gasteiger charge is -2.19. The summed E-state index contributed by atoms with van der Waals surface area (Å²) in [5.74, 6) is 0. The fraction of sp³-hybridized carbons (Fsp3) is 0.375. The largest absolute Gasteiger partial charge is 0.144 e. The van der Waals surface area contributed by atoms with E-state index in [1.54, 1.807) is 4.50 Å². The van der Waals surface area contributed by atoms with Crippen molar-refractivity contribution in [2.45, 2.75) is 33.9 Å². The van der Waals surface area contributed by atoms with E-state index in [-0.39, 0.29) is 5.41 Å². The van der Waals surface area contributed by atoms with Crippen LogP contribution in [0.4, 0.5) is 0 Å². The zero-order valence-corrected chi connectivity index (χ0v) is 15.0. The van der Waals surface area contributed by atoms with Crippen LogP contribution in [0.15, 0.2) is 41.4 Å². The van der Waals surface area contributed by atoms with Crippen LogP contribution in [0.3, 0.4) is 0 Å². The zero-order chi connectivity index (χ0) is 14.1. The van der Waals surface area contributed by atoms with Gasteiger partial charge >= 0.3 is 0 Å². The monoisotopic (exact) mass is 306 g/mol. The zero-order valence-electron chi connectivity index (χ0n) is 12.4. The third kappa shape index (κ3) is 3.91. The Morgan fingerprint density at radius 1 is 1.05 bits per heavy atom. The molecule has 0 spiro atoms. The highest BCUT2D eigenvalue weighted by atomic mass is 32.1. The maximum Gasteiger partial charge on any atom is 0.116 e. The van der Waals surface area contributed by atoms with Crippen LogP contribution in [0.5, 0.6) is 0 Å². The van der Waals surface area contributed by atoms with E-state index < -0.39 is 8.07 Å². The van der Waals surface area contributed by atoms with Crippen molar-refractivity contribution >= 4 is 35.2 Å². The standard InChI is InChI=1S/C16H22S2Si/c1-16(2,3)10-12-19(4,5)15-9-8-14(18-15)13-7-6-11-17-13/h6-12H,1-5H3/b12-10+. The van der Waals surface area contributed by atoms with E-state index in [1.165, 1.54) is 9.75 Å². The van der Waals surface area contributed by atoms with Crippen LogP contribution < -0.4 is 4.50 Å². The molecule has 0 unspecified atom stereocenters. The van der Waals surface area contributed by atoms with Gasteiger partial charge in [0.05, 0.1) is 0 Å². The van der Waals surface area contributed by atoms with Crippen LogP contribution in [-0.4, -0.2) is 8.07 Å². The summed E-state index contributed by atoms with van der Waals surface area (Å²) in [4.78, 5) is 2.80. The Kier molecular flexibility index (Phi) is 4.19. The second-order valence-electron chi connectivity index (χ2n) is 6.56. The van der Waals surface area contributed by atoms with E-state index in [4.69, 9.17) is 0 Å². The normalized spacial score (nSPS) is 13.3. The average molecular weight is 307 g/mol. The first-order chi connectivity index (χ1) is 8.78. The lowest BCUT2D eigenvalue weighted by atomic mass is 9.98. The van der Waals surface area contributed by atoms with Gasteiger partial charge in [0.25, 0.3) is 0 Å². The highest BCUT2D eigenvalue weighted by molar-refractivity contribution is 7.31. The predicted octanol–water partition coefficient (Wildman–Crippen LogP) is 5.53. The van der Waals surface area contributed by atoms with E-state index in [0.717, 1.165) is 0 Å². The lowest BCUT2D eigenvalue weighted by Crippen LogP contribution is -2.37. The molecule has 0 aliphatic heterocycles. The van der Waals surface area contributed by atoms with E-state index >= 15 is 0 Å². The summed E-state index contributed by atoms with van der Waals surface area (Å²) in [5.41, 5.74) is 2.76. The molecule has 0 amide bonds. The Bertz CT molecular complexity index is 554. The molecule has 0 nitrogen and oxygen atoms in total. The van der Waals surface area contributed by atoms with Crippen molar-refractivity contribution in [3.8, 4) is 9.75 Å². The first-order valence-corrected chi connectivity index (χ1v) is 11.4. The summed E-state index contributed by atoms with van der Waals surface area (Å²) in [6, 6.07) is 8.95. The summed E-state index contributed by atoms with van der Waals surface area (Å²) in [5, 5.41) is 2.15. The van der Waals surface area contributed by atoms with Gasteiger partial charge in [0, 0.05) is 9.75 Å². The molecule has 0 radical (unpaired) electrons. The van der Waals surface area contributed by atoms with Crippen molar-refractivity contribution in [2.24, 2.45) is 5.41 Å². The Morgan fingerprint density at radius 2 is 1.79 bits per heavy atom. The van der Waals surface area contributed by atoms with Crippen molar-refractivity contribution in [3.05, 3.63) is 41.4 Å². The van der Waals surface area contributed by atoms with E-state index in [9.17, 15) is 0 Å². The van der Waals surface area contributed by atoms with Gasteiger partial charge in [-0.3, -0.25) is 0 Å². The van der Waals surface area contributed by atoms with Crippen molar-refractivity contribution in [1.82, 2.24) is 0 Å². The molecule has 0 aromatic carbocycles. The van der Waals surface area contributed by atoms with Gasteiger partial charge < -0.3 is 0 Å². The summed E-state index contributed by atoms with van der Waals surface area (Å²) >= 11 is 3.79. The first-order valence-electron chi connectivity index (χ1n) is 6.62. The Morgan fingerprint density at radius 3 is 2.37 bits per heavy atom. The molecule has 0 N–H and O–H groups in total. The highest BCUT2D eigenvalue weighted by Crippen LogP contribution is 2.29. The Labute approximate surface area is 125 Å². The number of hydrogen-bond acceptors (Lipinski definition) is 2. The minimum Gasteiger partial charge on any atom is -0.144 e. The van der Waals surface area contributed by atoms with E-state index in [0.29, 0.717) is 0 Å². The highest BCUT2D eigenvalue weighted by Gasteiger charge is 2.23. The number of thiophene rings is 2. The molecule has 0 saturated carbocycles. The summed E-state index contributed by atoms with van der Waals surface area (Å²) in [6.45, 7) is 11.6. The molecular formula is C16H22S2Si. The number of allylic oxidation sites excluding steroid dienone is 1. The molecule has 2 aromatic heterocycles. The van der Waals surface area contributed by atoms with Crippen LogP contribution in [0, 0.1) is 5.41 Å². The molecule has 0 saturated heterocycles. The van der Waals surface area contributed by atoms with Crippen molar-refractivity contribution in [1.29, 1.82) is 0 Å². The average Bonchev–Trinajstić information content (AvgIpc) is 2.96. The molecule has 102 valence electrons. The molecule has 0 aliphatic carbocycles. The van der Waals surface area contributed by atoms with Gasteiger partial charge in [-0.05, 0) is 27.4 Å². The van der Waals surface area contributed by atoms with Gasteiger partial charge in [-0.1, -0.05) is 57.8 Å². The lowest BCUT2D eigenvalue weighted by molar-refractivity contribution is 0.545. The molecule has 0 fully saturated rings. The van der Waals surface area contributed by atoms with Crippen LogP contribution in [0.25, 0.3) is 9.75 Å². The van der Waals surface area contributed by atoms with Crippen LogP contribution in [-0.2, 0) is 0 Å². The molecule has 19 heavy (non-hydrogen) atoms. The molecular weight excluding hydrogens is 284 g/mol. The fourth-order valence-corrected chi connectivity index (χ4v) is 6.55. The molecule has 0 aliphatic rings. The van der Waals surface area contributed by atoms with Crippen molar-refractivity contribution in [2.75, 3.05) is 0 Å². The van der Waals surface area contributed by atoms with Gasteiger partial charge in [-0.2, -0.15) is 0 Å². The third-order valence-electron chi connectivity index (χ3n) is 3.01. The van der Waals surface area contributed by atoms with Crippen LogP contribution >= 0.6 is 22.7 Å². The smallest absolute Gasteiger partial charge is 0.116 e. The van der Waals surface area contributed by atoms with E-state index in [1.807, 2.05) is 22.7 Å². The van der Waals surface area contributed by atoms with Crippen LogP contribution in [0.1, 0.15) is 20.8 Å². The first kappa shape index (κ1) is 14.8. The maximum atomic E-state index is 2.48. The van der Waals surface area contributed by atoms with Gasteiger partial charge in [0.15, 0.2) is 0 Å². The fourth-order valence-electron chi connectivity index (χ4n) is 1.78. The minimum atomic E-state index is -1.44. The predicted molar refractivity (Wildman–Crippen MR) is 93.3 cm³/mol. The third-order valence-corrected chi connectivity index (χ3v) is 9.29. The Balaban J connectivity index is 2.24. The minimum absolute atomic E-state index is 0.276. The summed E-state index contributed by atoms with van der Waals surface area (Å²) < 4.78 is 1.57. The van der Waals surface area contributed by atoms with Gasteiger partial charge in [0.1, 0.15) is 8.07 Å². The molecule has 2 heterocycles.